The van der Waals surface area contributed by atoms with E-state index in [0.29, 0.717) is 18.1 Å². The average molecular weight is 374 g/mol. The molecule has 2 aliphatic rings. The second kappa shape index (κ2) is 6.82. The lowest BCUT2D eigenvalue weighted by molar-refractivity contribution is -0.168. The summed E-state index contributed by atoms with van der Waals surface area (Å²) in [5.74, 6) is 6.40. The molecule has 5 N–H and O–H groups in total. The Labute approximate surface area is 151 Å². The van der Waals surface area contributed by atoms with E-state index in [1.54, 1.807) is 6.92 Å². The smallest absolute Gasteiger partial charge is 0.171 e. The molecule has 1 aliphatic carbocycles. The topological polar surface area (TPSA) is 129 Å². The number of fused-ring (bicyclic) bond motifs is 1. The third-order valence-electron chi connectivity index (χ3n) is 4.40. The normalized spacial score (nSPS) is 30.5. The van der Waals surface area contributed by atoms with Gasteiger partial charge in [-0.25, -0.2) is 15.8 Å². The average Bonchev–Trinajstić information content (AvgIpc) is 3.01. The number of hydrazine groups is 1. The fourth-order valence-electron chi connectivity index (χ4n) is 3.43. The maximum Gasteiger partial charge on any atom is 0.171 e. The highest BCUT2D eigenvalue weighted by atomic mass is 35.5. The van der Waals surface area contributed by atoms with Gasteiger partial charge in [0.15, 0.2) is 16.8 Å². The van der Waals surface area contributed by atoms with Crippen LogP contribution in [0.15, 0.2) is 0 Å². The molecule has 140 valence electrons. The fourth-order valence-corrected chi connectivity index (χ4v) is 3.64. The van der Waals surface area contributed by atoms with Crippen LogP contribution in [0.2, 0.25) is 5.15 Å². The Kier molecular flexibility index (Phi) is 5.06. The third-order valence-corrected chi connectivity index (χ3v) is 4.69. The predicted molar refractivity (Wildman–Crippen MR) is 91.9 cm³/mol. The summed E-state index contributed by atoms with van der Waals surface area (Å²) in [6, 6.07) is -0.275. The van der Waals surface area contributed by atoms with E-state index in [2.05, 4.69) is 9.97 Å². The van der Waals surface area contributed by atoms with Gasteiger partial charge in [-0.2, -0.15) is 0 Å². The first-order chi connectivity index (χ1) is 11.7. The number of anilines is 2. The van der Waals surface area contributed by atoms with Gasteiger partial charge in [-0.15, -0.1) is 0 Å². The monoisotopic (exact) mass is 373 g/mol. The van der Waals surface area contributed by atoms with Gasteiger partial charge in [0.2, 0.25) is 0 Å². The lowest BCUT2D eigenvalue weighted by Crippen LogP contribution is -2.48. The molecule has 25 heavy (non-hydrogen) atoms. The number of ether oxygens (including phenoxy) is 3. The molecule has 1 aromatic rings. The van der Waals surface area contributed by atoms with Gasteiger partial charge in [0, 0.05) is 6.42 Å². The van der Waals surface area contributed by atoms with Crippen LogP contribution >= 0.6 is 11.6 Å². The molecule has 0 bridgehead atoms. The summed E-state index contributed by atoms with van der Waals surface area (Å²) in [6.45, 7) is 5.54. The molecule has 1 aliphatic heterocycles. The first-order valence-corrected chi connectivity index (χ1v) is 8.53. The summed E-state index contributed by atoms with van der Waals surface area (Å²) in [4.78, 5) is 8.35. The minimum Gasteiger partial charge on any atom is -0.394 e. The summed E-state index contributed by atoms with van der Waals surface area (Å²) < 4.78 is 17.7. The van der Waals surface area contributed by atoms with Crippen LogP contribution in [0.1, 0.15) is 26.1 Å². The van der Waals surface area contributed by atoms with Crippen LogP contribution < -0.4 is 16.6 Å². The largest absolute Gasteiger partial charge is 0.394 e. The highest BCUT2D eigenvalue weighted by Gasteiger charge is 2.56. The van der Waals surface area contributed by atoms with Crippen molar-refractivity contribution in [3.8, 4) is 0 Å². The van der Waals surface area contributed by atoms with Crippen LogP contribution in [0.3, 0.4) is 0 Å². The van der Waals surface area contributed by atoms with Crippen LogP contribution in [0.25, 0.3) is 0 Å². The molecule has 0 spiro atoms. The number of aliphatic hydroxyl groups is 1. The number of aryl methyl sites for hydroxylation is 1. The van der Waals surface area contributed by atoms with Crippen LogP contribution in [0, 0.1) is 6.92 Å². The number of rotatable bonds is 5. The Morgan fingerprint density at radius 2 is 2.04 bits per heavy atom. The zero-order chi connectivity index (χ0) is 18.4. The molecule has 2 fully saturated rings. The van der Waals surface area contributed by atoms with E-state index >= 15 is 0 Å². The Morgan fingerprint density at radius 1 is 1.36 bits per heavy atom. The first-order valence-electron chi connectivity index (χ1n) is 8.15. The lowest BCUT2D eigenvalue weighted by atomic mass is 10.2. The number of aliphatic hydroxyl groups excluding tert-OH is 1. The molecular weight excluding hydrogens is 350 g/mol. The maximum absolute atomic E-state index is 9.04. The Balaban J connectivity index is 1.88. The van der Waals surface area contributed by atoms with Crippen molar-refractivity contribution in [1.82, 2.24) is 9.97 Å². The molecule has 3 rings (SSSR count). The van der Waals surface area contributed by atoms with Gasteiger partial charge in [-0.3, -0.25) is 5.01 Å². The van der Waals surface area contributed by atoms with E-state index in [0.717, 1.165) is 0 Å². The van der Waals surface area contributed by atoms with Gasteiger partial charge in [0.25, 0.3) is 0 Å². The molecule has 2 heterocycles. The zero-order valence-electron chi connectivity index (χ0n) is 14.5. The molecule has 0 amide bonds. The van der Waals surface area contributed by atoms with Crippen molar-refractivity contribution >= 4 is 23.1 Å². The number of hydrogen-bond donors (Lipinski definition) is 3. The number of hydrogen-bond acceptors (Lipinski definition) is 9. The number of halogens is 1. The molecule has 4 atom stereocenters. The van der Waals surface area contributed by atoms with E-state index in [1.807, 2.05) is 13.8 Å². The van der Waals surface area contributed by atoms with Crippen molar-refractivity contribution in [2.24, 2.45) is 5.84 Å². The van der Waals surface area contributed by atoms with Crippen molar-refractivity contribution in [2.75, 3.05) is 24.0 Å². The summed E-state index contributed by atoms with van der Waals surface area (Å²) in [6.07, 6.45) is -0.328. The maximum atomic E-state index is 9.04. The van der Waals surface area contributed by atoms with E-state index in [-0.39, 0.29) is 48.4 Å². The van der Waals surface area contributed by atoms with Gasteiger partial charge in [0.05, 0.1) is 25.4 Å². The number of nitrogens with two attached hydrogens (primary N) is 2. The van der Waals surface area contributed by atoms with Gasteiger partial charge >= 0.3 is 0 Å². The highest BCUT2D eigenvalue weighted by molar-refractivity contribution is 6.32. The molecule has 1 saturated heterocycles. The number of nitrogens with zero attached hydrogens (tertiary/aromatic N) is 3. The standard InChI is InChI=1S/C15H24ClN5O4/c1-7-19-13(16)10(17)14(20-7)21(18)8-6-9(23-5-4-22)12-11(8)24-15(2,3)25-12/h8-9,11-12,22H,4-6,17-18H2,1-3H3/t8-,9+,11+,12-/m1/s1. The molecule has 9 nitrogen and oxygen atoms in total. The highest BCUT2D eigenvalue weighted by Crippen LogP contribution is 2.42. The van der Waals surface area contributed by atoms with Crippen LogP contribution in [-0.4, -0.2) is 58.4 Å². The van der Waals surface area contributed by atoms with Crippen LogP contribution in [-0.2, 0) is 14.2 Å². The van der Waals surface area contributed by atoms with Gasteiger partial charge in [-0.05, 0) is 20.8 Å². The van der Waals surface area contributed by atoms with Crippen molar-refractivity contribution in [3.63, 3.8) is 0 Å². The second-order valence-corrected chi connectivity index (χ2v) is 7.06. The Bertz CT molecular complexity index is 647. The van der Waals surface area contributed by atoms with E-state index in [1.165, 1.54) is 5.01 Å². The van der Waals surface area contributed by atoms with Gasteiger partial charge in [-0.1, -0.05) is 11.6 Å². The van der Waals surface area contributed by atoms with Crippen molar-refractivity contribution in [1.29, 1.82) is 0 Å². The molecule has 1 aromatic heterocycles. The quantitative estimate of drug-likeness (QED) is 0.380. The molecular formula is C15H24ClN5O4. The first kappa shape index (κ1) is 18.6. The van der Waals surface area contributed by atoms with Crippen LogP contribution in [0.4, 0.5) is 11.5 Å². The zero-order valence-corrected chi connectivity index (χ0v) is 15.2. The minimum atomic E-state index is -0.750. The molecule has 0 unspecified atom stereocenters. The Hall–Kier alpha value is -1.23. The summed E-state index contributed by atoms with van der Waals surface area (Å²) in [5, 5.41) is 10.7. The molecule has 0 aromatic carbocycles. The van der Waals surface area contributed by atoms with Crippen molar-refractivity contribution in [2.45, 2.75) is 57.3 Å². The van der Waals surface area contributed by atoms with Gasteiger partial charge < -0.3 is 25.1 Å². The summed E-state index contributed by atoms with van der Waals surface area (Å²) >= 11 is 6.06. The summed E-state index contributed by atoms with van der Waals surface area (Å²) in [5.41, 5.74) is 6.22. The lowest BCUT2D eigenvalue weighted by Gasteiger charge is -2.30. The fraction of sp³-hybridized carbons (Fsp3) is 0.733. The van der Waals surface area contributed by atoms with Crippen molar-refractivity contribution in [3.05, 3.63) is 11.0 Å². The Morgan fingerprint density at radius 3 is 2.72 bits per heavy atom. The number of aromatic nitrogens is 2. The van der Waals surface area contributed by atoms with Crippen molar-refractivity contribution < 1.29 is 19.3 Å². The third kappa shape index (κ3) is 3.53. The van der Waals surface area contributed by atoms with Gasteiger partial charge in [0.1, 0.15) is 23.7 Å². The molecule has 0 radical (unpaired) electrons. The second-order valence-electron chi connectivity index (χ2n) is 6.71. The predicted octanol–water partition coefficient (Wildman–Crippen LogP) is 0.371. The molecule has 1 saturated carbocycles. The summed E-state index contributed by atoms with van der Waals surface area (Å²) in [7, 11) is 0. The van der Waals surface area contributed by atoms with E-state index < -0.39 is 5.79 Å². The van der Waals surface area contributed by atoms with E-state index in [9.17, 15) is 0 Å². The van der Waals surface area contributed by atoms with E-state index in [4.69, 9.17) is 42.5 Å². The minimum absolute atomic E-state index is 0.0667. The van der Waals surface area contributed by atoms with Crippen LogP contribution in [0.5, 0.6) is 0 Å². The SMILES string of the molecule is Cc1nc(Cl)c(N)c(N(N)[C@@H]2C[C@H](OCCO)[C@H]3OC(C)(C)O[C@H]32)n1. The molecule has 10 heteroatoms. The number of nitrogen functional groups attached to an aromatic ring is 1.